The normalized spacial score (nSPS) is 22.5. The minimum atomic E-state index is -0.979. The molecule has 0 aliphatic carbocycles. The van der Waals surface area contributed by atoms with Gasteiger partial charge >= 0.3 is 5.97 Å². The van der Waals surface area contributed by atoms with E-state index in [1.807, 2.05) is 61.5 Å². The molecule has 35 heavy (non-hydrogen) atoms. The second-order valence-corrected chi connectivity index (χ2v) is 9.64. The Morgan fingerprint density at radius 3 is 2.37 bits per heavy atom. The van der Waals surface area contributed by atoms with Crippen molar-refractivity contribution < 1.29 is 29.6 Å². The second-order valence-electron chi connectivity index (χ2n) is 9.64. The summed E-state index contributed by atoms with van der Waals surface area (Å²) in [6.07, 6.45) is 5.07. The fourth-order valence-corrected chi connectivity index (χ4v) is 4.27. The molecule has 1 saturated heterocycles. The van der Waals surface area contributed by atoms with Gasteiger partial charge in [0.15, 0.2) is 5.79 Å². The monoisotopic (exact) mass is 480 g/mol. The van der Waals surface area contributed by atoms with Crippen molar-refractivity contribution >= 4 is 12.0 Å². The molecule has 1 unspecified atom stereocenters. The summed E-state index contributed by atoms with van der Waals surface area (Å²) >= 11 is 0. The summed E-state index contributed by atoms with van der Waals surface area (Å²) in [5, 5.41) is 30.4. The fraction of sp³-hybridized carbons (Fsp3) is 0.414. The third-order valence-corrected chi connectivity index (χ3v) is 6.34. The molecule has 2 aromatic rings. The number of carboxylic acid groups (broad SMARTS) is 1. The van der Waals surface area contributed by atoms with Crippen molar-refractivity contribution in [2.24, 2.45) is 5.92 Å². The van der Waals surface area contributed by atoms with Crippen molar-refractivity contribution in [2.45, 2.75) is 71.2 Å². The number of aliphatic hydroxyl groups is 2. The van der Waals surface area contributed by atoms with E-state index in [-0.39, 0.29) is 11.5 Å². The van der Waals surface area contributed by atoms with E-state index in [2.05, 4.69) is 0 Å². The van der Waals surface area contributed by atoms with Crippen LogP contribution in [0.5, 0.6) is 0 Å². The number of aryl methyl sites for hydroxylation is 1. The summed E-state index contributed by atoms with van der Waals surface area (Å²) in [5.41, 5.74) is 3.34. The first-order valence-corrected chi connectivity index (χ1v) is 12.0. The molecule has 1 aliphatic heterocycles. The average molecular weight is 481 g/mol. The van der Waals surface area contributed by atoms with Crippen molar-refractivity contribution in [2.75, 3.05) is 0 Å². The molecule has 6 nitrogen and oxygen atoms in total. The Balaban J connectivity index is 1.88. The lowest BCUT2D eigenvalue weighted by atomic mass is 9.91. The largest absolute Gasteiger partial charge is 0.478 e. The number of hydrogen-bond acceptors (Lipinski definition) is 5. The lowest BCUT2D eigenvalue weighted by Gasteiger charge is -2.20. The van der Waals surface area contributed by atoms with E-state index in [0.717, 1.165) is 11.1 Å². The molecule has 1 aliphatic rings. The fourth-order valence-electron chi connectivity index (χ4n) is 4.27. The van der Waals surface area contributed by atoms with E-state index in [9.17, 15) is 20.1 Å². The Bertz CT molecular complexity index is 1070. The smallest absolute Gasteiger partial charge is 0.336 e. The predicted molar refractivity (Wildman–Crippen MR) is 137 cm³/mol. The van der Waals surface area contributed by atoms with Gasteiger partial charge in [-0.3, -0.25) is 0 Å². The number of hydrogen-bond donors (Lipinski definition) is 3. The number of aliphatic hydroxyl groups excluding tert-OH is 2. The summed E-state index contributed by atoms with van der Waals surface area (Å²) < 4.78 is 12.0. The molecule has 5 atom stereocenters. The Morgan fingerprint density at radius 2 is 1.74 bits per heavy atom. The van der Waals surface area contributed by atoms with Gasteiger partial charge in [0, 0.05) is 0 Å². The lowest BCUT2D eigenvalue weighted by Crippen LogP contribution is -2.34. The van der Waals surface area contributed by atoms with Crippen molar-refractivity contribution in [3.8, 4) is 11.1 Å². The van der Waals surface area contributed by atoms with Gasteiger partial charge in [0.2, 0.25) is 0 Å². The minimum absolute atomic E-state index is 0.106. The molecule has 1 heterocycles. The maximum atomic E-state index is 12.1. The van der Waals surface area contributed by atoms with E-state index >= 15 is 0 Å². The van der Waals surface area contributed by atoms with Crippen molar-refractivity contribution in [1.29, 1.82) is 0 Å². The Morgan fingerprint density at radius 1 is 1.06 bits per heavy atom. The highest BCUT2D eigenvalue weighted by molar-refractivity contribution is 5.97. The van der Waals surface area contributed by atoms with Gasteiger partial charge in [0.1, 0.15) is 12.2 Å². The first kappa shape index (κ1) is 26.8. The Kier molecular flexibility index (Phi) is 8.67. The first-order chi connectivity index (χ1) is 16.5. The molecule has 3 N–H and O–H groups in total. The summed E-state index contributed by atoms with van der Waals surface area (Å²) in [7, 11) is 0. The molecule has 2 aromatic carbocycles. The number of rotatable bonds is 9. The van der Waals surface area contributed by atoms with Crippen LogP contribution in [0.1, 0.15) is 55.6 Å². The molecule has 3 rings (SSSR count). The van der Waals surface area contributed by atoms with E-state index < -0.39 is 36.2 Å². The van der Waals surface area contributed by atoms with E-state index in [1.165, 1.54) is 0 Å². The summed E-state index contributed by atoms with van der Waals surface area (Å²) in [6, 6.07) is 13.4. The first-order valence-electron chi connectivity index (χ1n) is 12.0. The van der Waals surface area contributed by atoms with Gasteiger partial charge in [-0.2, -0.15) is 0 Å². The molecular weight excluding hydrogens is 444 g/mol. The van der Waals surface area contributed by atoms with Gasteiger partial charge < -0.3 is 24.8 Å². The van der Waals surface area contributed by atoms with Crippen LogP contribution in [0.15, 0.2) is 60.7 Å². The van der Waals surface area contributed by atoms with Crippen molar-refractivity contribution in [3.05, 3.63) is 77.4 Å². The predicted octanol–water partition coefficient (Wildman–Crippen LogP) is 5.22. The van der Waals surface area contributed by atoms with Gasteiger partial charge in [-0.25, -0.2) is 4.79 Å². The van der Waals surface area contributed by atoms with Crippen LogP contribution in [0, 0.1) is 12.8 Å². The van der Waals surface area contributed by atoms with Crippen LogP contribution in [-0.2, 0) is 9.47 Å². The maximum absolute atomic E-state index is 12.1. The zero-order valence-electron chi connectivity index (χ0n) is 21.0. The highest BCUT2D eigenvalue weighted by atomic mass is 16.8. The quantitative estimate of drug-likeness (QED) is 0.426. The zero-order valence-corrected chi connectivity index (χ0v) is 21.0. The number of aromatic carboxylic acids is 1. The van der Waals surface area contributed by atoms with Crippen LogP contribution in [0.4, 0.5) is 0 Å². The van der Waals surface area contributed by atoms with E-state index in [1.54, 1.807) is 39.8 Å². The van der Waals surface area contributed by atoms with Gasteiger partial charge in [-0.1, -0.05) is 73.7 Å². The number of benzene rings is 2. The molecule has 0 spiro atoms. The van der Waals surface area contributed by atoms with Gasteiger partial charge in [-0.15, -0.1) is 0 Å². The second kappa shape index (κ2) is 11.3. The third-order valence-electron chi connectivity index (χ3n) is 6.34. The maximum Gasteiger partial charge on any atom is 0.336 e. The van der Waals surface area contributed by atoms with Crippen LogP contribution in [0.3, 0.4) is 0 Å². The van der Waals surface area contributed by atoms with Crippen molar-refractivity contribution in [1.82, 2.24) is 0 Å². The summed E-state index contributed by atoms with van der Waals surface area (Å²) in [5.74, 6) is -1.95. The molecule has 1 fully saturated rings. The molecule has 0 saturated carbocycles. The Hall–Kier alpha value is -2.77. The molecule has 0 aromatic heterocycles. The van der Waals surface area contributed by atoms with Gasteiger partial charge in [0.25, 0.3) is 0 Å². The average Bonchev–Trinajstić information content (AvgIpc) is 3.11. The van der Waals surface area contributed by atoms with E-state index in [4.69, 9.17) is 9.47 Å². The van der Waals surface area contributed by atoms with Crippen LogP contribution >= 0.6 is 0 Å². The van der Waals surface area contributed by atoms with Crippen molar-refractivity contribution in [3.63, 3.8) is 0 Å². The third kappa shape index (κ3) is 6.67. The van der Waals surface area contributed by atoms with Crippen LogP contribution in [0.25, 0.3) is 17.2 Å². The van der Waals surface area contributed by atoms with Gasteiger partial charge in [0.05, 0.1) is 17.8 Å². The van der Waals surface area contributed by atoms with Crippen LogP contribution in [0.2, 0.25) is 0 Å². The standard InChI is InChI=1S/C29H36O6/c1-18(20(3)30)15-17-24(31)27-25(34-29(4,5)35-27)13-9-12-23-22(21-10-7-6-8-11-21)16-14-19(2)26(23)28(32)33/h6-12,14-18,20,24-25,27,30-31H,13H2,1-5H3,(H,32,33)/b12-9+,17-15-/t18-,20-,24?,25+,27+/m0/s1. The highest BCUT2D eigenvalue weighted by Crippen LogP contribution is 2.34. The van der Waals surface area contributed by atoms with Crippen LogP contribution in [-0.4, -0.2) is 51.5 Å². The number of ether oxygens (including phenoxy) is 2. The van der Waals surface area contributed by atoms with E-state index in [0.29, 0.717) is 17.5 Å². The lowest BCUT2D eigenvalue weighted by molar-refractivity contribution is -0.152. The summed E-state index contributed by atoms with van der Waals surface area (Å²) in [4.78, 5) is 12.1. The van der Waals surface area contributed by atoms with Crippen LogP contribution < -0.4 is 0 Å². The number of carbonyl (C=O) groups is 1. The number of carboxylic acids is 1. The molecule has 0 amide bonds. The SMILES string of the molecule is Cc1ccc(-c2ccccc2)c(/C=C/C[C@H]2OC(C)(C)O[C@@H]2C(O)/C=C\[C@H](C)[C@H](C)O)c1C(=O)O. The molecule has 0 radical (unpaired) electrons. The zero-order chi connectivity index (χ0) is 25.8. The Labute approximate surface area is 207 Å². The molecular formula is C29H36O6. The molecule has 0 bridgehead atoms. The highest BCUT2D eigenvalue weighted by Gasteiger charge is 2.43. The molecule has 188 valence electrons. The van der Waals surface area contributed by atoms with Gasteiger partial charge in [-0.05, 0) is 62.3 Å². The minimum Gasteiger partial charge on any atom is -0.478 e. The summed E-state index contributed by atoms with van der Waals surface area (Å²) in [6.45, 7) is 8.97. The topological polar surface area (TPSA) is 96.2 Å². The molecule has 6 heteroatoms.